The fraction of sp³-hybridized carbons (Fsp3) is 0.286. The molecule has 0 N–H and O–H groups in total. The third kappa shape index (κ3) is 8.24. The molecule has 0 nitrogen and oxygen atoms in total. The van der Waals surface area contributed by atoms with Gasteiger partial charge in [0.15, 0.2) is 0 Å². The maximum atomic E-state index is 2.40. The number of benzene rings is 4. The van der Waals surface area contributed by atoms with E-state index in [1.54, 1.807) is 22.3 Å². The number of fused-ring (bicyclic) bond motifs is 4. The van der Waals surface area contributed by atoms with Crippen LogP contribution in [-0.4, -0.2) is 5.49 Å². The van der Waals surface area contributed by atoms with Crippen LogP contribution in [0.2, 0.25) is 13.1 Å². The van der Waals surface area contributed by atoms with E-state index in [2.05, 4.69) is 136 Å². The molecule has 0 aromatic heterocycles. The van der Waals surface area contributed by atoms with Crippen molar-refractivity contribution in [2.24, 2.45) is 0 Å². The number of halogens is 2. The third-order valence-electron chi connectivity index (χ3n) is 9.34. The van der Waals surface area contributed by atoms with Crippen LogP contribution in [0.5, 0.6) is 0 Å². The molecule has 0 aliphatic heterocycles. The number of hydrogen-bond donors (Lipinski definition) is 0. The standard InChI is InChI=1S/2C20H19.C2H6Si.2ClH.Hf/c2*1-14-12-16-8-5-11-19(20(16)13-14)18-10-4-7-15-6-2-3-9-17(15)18;1-3-2;;;/h2*2-4,6-7,9-10,12-13,19H,5,8,11H2,1H3;1-2H3;2*1H;/q2*-1;;;;+2/p-2. The van der Waals surface area contributed by atoms with E-state index in [9.17, 15) is 0 Å². The van der Waals surface area contributed by atoms with Gasteiger partial charge >= 0.3 is 41.6 Å². The van der Waals surface area contributed by atoms with Crippen LogP contribution in [0.25, 0.3) is 21.5 Å². The molecule has 2 aliphatic carbocycles. The van der Waals surface area contributed by atoms with E-state index in [1.165, 1.54) is 105 Å². The van der Waals surface area contributed by atoms with Gasteiger partial charge in [-0.25, -0.2) is 12.1 Å². The molecule has 2 unspecified atom stereocenters. The van der Waals surface area contributed by atoms with E-state index < -0.39 is 0 Å². The summed E-state index contributed by atoms with van der Waals surface area (Å²) in [5.41, 5.74) is 12.4. The second-order valence-electron chi connectivity index (χ2n) is 13.1. The zero-order chi connectivity index (χ0) is 30.6. The Morgan fingerprint density at radius 3 is 1.35 bits per heavy atom. The number of aryl methyl sites for hydroxylation is 4. The summed E-state index contributed by atoms with van der Waals surface area (Å²) in [6.45, 7) is 9.10. The Labute approximate surface area is 303 Å². The molecule has 0 heterocycles. The normalized spacial score (nSPS) is 16.4. The molecule has 0 amide bonds. The second kappa shape index (κ2) is 16.7. The first kappa shape index (κ1) is 36.6. The summed E-state index contributed by atoms with van der Waals surface area (Å²) in [5, 5.41) is 5.57. The van der Waals surface area contributed by atoms with Crippen molar-refractivity contribution in [2.45, 2.75) is 77.3 Å². The van der Waals surface area contributed by atoms with Gasteiger partial charge in [0.25, 0.3) is 0 Å². The van der Waals surface area contributed by atoms with Gasteiger partial charge in [-0.3, -0.25) is 0 Å². The maximum Gasteiger partial charge on any atom is -0.0157 e. The smallest absolute Gasteiger partial charge is 0.0157 e. The first-order chi connectivity index (χ1) is 21.4. The Morgan fingerprint density at radius 1 is 0.565 bits per heavy atom. The van der Waals surface area contributed by atoms with Crippen LogP contribution in [0.15, 0.2) is 109 Å². The summed E-state index contributed by atoms with van der Waals surface area (Å²) in [4.78, 5) is 0. The van der Waals surface area contributed by atoms with E-state index in [0.29, 0.717) is 11.8 Å². The van der Waals surface area contributed by atoms with Crippen LogP contribution in [0.1, 0.15) is 82.0 Å². The minimum atomic E-state index is 0. The van der Waals surface area contributed by atoms with E-state index in [4.69, 9.17) is 0 Å². The molecule has 6 aromatic rings. The SMILES string of the molecule is C[Si](C)=[Hf+2].Cc1cc2c([cH-]1)CCCC2c1cccc2ccccc12.Cc1cc2c([cH-]1)CCCC2c1cccc2ccccc12.[Cl-].[Cl-]. The number of rotatable bonds is 2. The third-order valence-corrected chi connectivity index (χ3v) is 9.34. The predicted octanol–water partition coefficient (Wildman–Crippen LogP) is 5.46. The van der Waals surface area contributed by atoms with Crippen molar-refractivity contribution in [3.05, 3.63) is 154 Å². The van der Waals surface area contributed by atoms with E-state index in [1.807, 2.05) is 0 Å². The Balaban J connectivity index is 0.000000180. The van der Waals surface area contributed by atoms with Crippen LogP contribution in [0, 0.1) is 13.8 Å². The zero-order valence-corrected chi connectivity index (χ0v) is 33.7. The summed E-state index contributed by atoms with van der Waals surface area (Å²) in [7, 11) is 0. The van der Waals surface area contributed by atoms with E-state index in [0.717, 1.165) is 0 Å². The van der Waals surface area contributed by atoms with Gasteiger partial charge in [0.1, 0.15) is 0 Å². The van der Waals surface area contributed by atoms with Crippen molar-refractivity contribution in [3.8, 4) is 0 Å². The molecule has 0 spiro atoms. The average Bonchev–Trinajstić information content (AvgIpc) is 3.61. The molecular weight excluding hydrogens is 782 g/mol. The Kier molecular flexibility index (Phi) is 13.3. The molecule has 236 valence electrons. The fourth-order valence-electron chi connectivity index (χ4n) is 7.62. The minimum Gasteiger partial charge on any atom is -1.00 e. The van der Waals surface area contributed by atoms with Crippen molar-refractivity contribution in [1.29, 1.82) is 0 Å². The zero-order valence-electron chi connectivity index (χ0n) is 27.5. The van der Waals surface area contributed by atoms with Crippen LogP contribution in [-0.2, 0) is 35.8 Å². The van der Waals surface area contributed by atoms with Gasteiger partial charge in [0.2, 0.25) is 0 Å². The monoisotopic (exact) mass is 826 g/mol. The molecule has 0 bridgehead atoms. The summed E-state index contributed by atoms with van der Waals surface area (Å²) >= 11 is 1.45. The molecule has 0 fully saturated rings. The van der Waals surface area contributed by atoms with Crippen molar-refractivity contribution < 1.29 is 47.8 Å². The van der Waals surface area contributed by atoms with Gasteiger partial charge in [-0.15, -0.1) is 0 Å². The molecule has 2 aliphatic rings. The van der Waals surface area contributed by atoms with Crippen LogP contribution >= 0.6 is 0 Å². The molecule has 6 aromatic carbocycles. The van der Waals surface area contributed by atoms with Crippen molar-refractivity contribution in [1.82, 2.24) is 0 Å². The van der Waals surface area contributed by atoms with Gasteiger partial charge in [-0.05, 0) is 44.5 Å². The van der Waals surface area contributed by atoms with E-state index in [-0.39, 0.29) is 30.3 Å². The topological polar surface area (TPSA) is 0 Å². The van der Waals surface area contributed by atoms with Crippen molar-refractivity contribution in [3.63, 3.8) is 0 Å². The van der Waals surface area contributed by atoms with Crippen molar-refractivity contribution in [2.75, 3.05) is 0 Å². The van der Waals surface area contributed by atoms with Crippen molar-refractivity contribution >= 4 is 27.0 Å². The molecule has 2 atom stereocenters. The Hall–Kier alpha value is -2.23. The Morgan fingerprint density at radius 2 is 0.935 bits per heavy atom. The van der Waals surface area contributed by atoms with E-state index >= 15 is 0 Å². The first-order valence-electron chi connectivity index (χ1n) is 16.4. The fourth-order valence-corrected chi connectivity index (χ4v) is 7.62. The van der Waals surface area contributed by atoms with Crippen LogP contribution in [0.3, 0.4) is 0 Å². The number of hydrogen-bond acceptors (Lipinski definition) is 0. The Bertz CT molecular complexity index is 1760. The molecule has 46 heavy (non-hydrogen) atoms. The summed E-state index contributed by atoms with van der Waals surface area (Å²) in [6.07, 6.45) is 7.69. The van der Waals surface area contributed by atoms with Crippen LogP contribution in [0.4, 0.5) is 0 Å². The molecule has 0 radical (unpaired) electrons. The molecular formula is C42H44Cl2HfSi-2. The van der Waals surface area contributed by atoms with Gasteiger partial charge < -0.3 is 24.8 Å². The average molecular weight is 826 g/mol. The molecule has 0 saturated carbocycles. The largest absolute Gasteiger partial charge is 1.00 e. The summed E-state index contributed by atoms with van der Waals surface area (Å²) in [5.74, 6) is 1.16. The van der Waals surface area contributed by atoms with Gasteiger partial charge in [-0.2, -0.15) is 45.5 Å². The minimum absolute atomic E-state index is 0. The summed E-state index contributed by atoms with van der Waals surface area (Å²) < 4.78 is 0. The predicted molar refractivity (Wildman–Crippen MR) is 188 cm³/mol. The molecule has 8 rings (SSSR count). The van der Waals surface area contributed by atoms with Gasteiger partial charge in [0.05, 0.1) is 0 Å². The van der Waals surface area contributed by atoms with Gasteiger partial charge in [0, 0.05) is 0 Å². The summed E-state index contributed by atoms with van der Waals surface area (Å²) in [6, 6.07) is 40.6. The second-order valence-corrected chi connectivity index (χ2v) is 25.8. The van der Waals surface area contributed by atoms with Gasteiger partial charge in [-0.1, -0.05) is 137 Å². The quantitative estimate of drug-likeness (QED) is 0.161. The molecule has 0 saturated heterocycles. The molecule has 4 heteroatoms. The first-order valence-corrected chi connectivity index (χ1v) is 24.3. The maximum absolute atomic E-state index is 2.40. The van der Waals surface area contributed by atoms with Crippen LogP contribution < -0.4 is 24.8 Å².